The highest BCUT2D eigenvalue weighted by molar-refractivity contribution is 7.88. The van der Waals surface area contributed by atoms with Crippen LogP contribution in [-0.4, -0.2) is 69.9 Å². The Hall–Kier alpha value is -1.58. The summed E-state index contributed by atoms with van der Waals surface area (Å²) in [5, 5.41) is 6.65. The maximum atomic E-state index is 11.9. The van der Waals surface area contributed by atoms with E-state index in [1.807, 2.05) is 12.1 Å². The topological polar surface area (TPSA) is 96.2 Å². The monoisotopic (exact) mass is 398 g/mol. The number of sulfonamides is 1. The molecule has 1 unspecified atom stereocenters. The predicted octanol–water partition coefficient (Wildman–Crippen LogP) is 0.960. The molecule has 0 amide bonds. The zero-order valence-corrected chi connectivity index (χ0v) is 16.7. The van der Waals surface area contributed by atoms with Gasteiger partial charge in [-0.15, -0.1) is 0 Å². The smallest absolute Gasteiger partial charge is 0.211 e. The molecular formula is C18H30N4O4S. The number of nitrogens with zero attached hydrogens (tertiary/aromatic N) is 2. The number of guanidine groups is 1. The van der Waals surface area contributed by atoms with Crippen molar-refractivity contribution in [2.45, 2.75) is 44.2 Å². The molecule has 2 fully saturated rings. The van der Waals surface area contributed by atoms with E-state index < -0.39 is 10.0 Å². The largest absolute Gasteiger partial charge is 0.469 e. The molecular weight excluding hydrogens is 368 g/mol. The standard InChI is InChI=1S/C18H30N4O4S/c1-27(23,24)22-10-2-5-15(22)13-20-18(21-14-17-7-4-12-26-17)19-9-8-16-6-3-11-25-16/h3,6,11,15,17H,2,4-5,7-10,12-14H2,1H3,(H2,19,20,21)/t15-,17?/m1/s1. The fourth-order valence-electron chi connectivity index (χ4n) is 3.57. The molecule has 2 N–H and O–H groups in total. The van der Waals surface area contributed by atoms with Crippen LogP contribution in [0, 0.1) is 0 Å². The van der Waals surface area contributed by atoms with Crippen molar-refractivity contribution >= 4 is 16.0 Å². The van der Waals surface area contributed by atoms with Crippen molar-refractivity contribution in [2.75, 3.05) is 39.0 Å². The highest BCUT2D eigenvalue weighted by Crippen LogP contribution is 2.20. The number of ether oxygens (including phenoxy) is 1. The summed E-state index contributed by atoms with van der Waals surface area (Å²) in [6.45, 7) is 3.24. The van der Waals surface area contributed by atoms with Gasteiger partial charge >= 0.3 is 0 Å². The van der Waals surface area contributed by atoms with E-state index in [1.165, 1.54) is 6.26 Å². The molecule has 3 heterocycles. The summed E-state index contributed by atoms with van der Waals surface area (Å²) < 4.78 is 36.4. The maximum Gasteiger partial charge on any atom is 0.211 e. The minimum atomic E-state index is -3.18. The molecule has 2 atom stereocenters. The molecule has 8 nitrogen and oxygen atoms in total. The van der Waals surface area contributed by atoms with E-state index in [2.05, 4.69) is 15.6 Å². The molecule has 0 bridgehead atoms. The van der Waals surface area contributed by atoms with Crippen LogP contribution in [0.4, 0.5) is 0 Å². The fourth-order valence-corrected chi connectivity index (χ4v) is 4.75. The summed E-state index contributed by atoms with van der Waals surface area (Å²) in [6.07, 6.45) is 7.79. The minimum Gasteiger partial charge on any atom is -0.469 e. The van der Waals surface area contributed by atoms with Gasteiger partial charge in [0.15, 0.2) is 5.96 Å². The Morgan fingerprint density at radius 2 is 2.22 bits per heavy atom. The minimum absolute atomic E-state index is 0.0635. The summed E-state index contributed by atoms with van der Waals surface area (Å²) in [5.74, 6) is 1.61. The molecule has 1 aromatic rings. The van der Waals surface area contributed by atoms with E-state index in [-0.39, 0.29) is 12.1 Å². The van der Waals surface area contributed by atoms with Crippen LogP contribution in [0.3, 0.4) is 0 Å². The molecule has 152 valence electrons. The van der Waals surface area contributed by atoms with E-state index in [1.54, 1.807) is 10.6 Å². The zero-order valence-electron chi connectivity index (χ0n) is 15.9. The summed E-state index contributed by atoms with van der Waals surface area (Å²) in [4.78, 5) is 4.65. The molecule has 0 radical (unpaired) electrons. The molecule has 9 heteroatoms. The van der Waals surface area contributed by atoms with Crippen LogP contribution in [0.1, 0.15) is 31.4 Å². The maximum absolute atomic E-state index is 11.9. The third-order valence-electron chi connectivity index (χ3n) is 4.97. The van der Waals surface area contributed by atoms with Crippen LogP contribution >= 0.6 is 0 Å². The molecule has 2 aliphatic rings. The van der Waals surface area contributed by atoms with Crippen LogP contribution in [0.25, 0.3) is 0 Å². The Bertz CT molecular complexity index is 699. The summed E-state index contributed by atoms with van der Waals surface area (Å²) in [7, 11) is -3.18. The fraction of sp³-hybridized carbons (Fsp3) is 0.722. The van der Waals surface area contributed by atoms with Gasteiger partial charge in [0.25, 0.3) is 0 Å². The van der Waals surface area contributed by atoms with Gasteiger partial charge in [-0.05, 0) is 37.8 Å². The van der Waals surface area contributed by atoms with E-state index in [4.69, 9.17) is 9.15 Å². The highest BCUT2D eigenvalue weighted by Gasteiger charge is 2.31. The first-order valence-corrected chi connectivity index (χ1v) is 11.5. The Balaban J connectivity index is 1.55. The van der Waals surface area contributed by atoms with Gasteiger partial charge in [-0.2, -0.15) is 4.31 Å². The SMILES string of the molecule is CS(=O)(=O)N1CCC[C@@H]1CN=C(NCCc1ccco1)NCC1CCCO1. The zero-order chi connectivity index (χ0) is 19.1. The molecule has 2 aliphatic heterocycles. The molecule has 3 rings (SSSR count). The van der Waals surface area contributed by atoms with Crippen molar-refractivity contribution in [3.05, 3.63) is 24.2 Å². The lowest BCUT2D eigenvalue weighted by Gasteiger charge is -2.21. The number of hydrogen-bond acceptors (Lipinski definition) is 5. The molecule has 0 aromatic carbocycles. The predicted molar refractivity (Wildman–Crippen MR) is 104 cm³/mol. The van der Waals surface area contributed by atoms with Crippen LogP contribution < -0.4 is 10.6 Å². The second-order valence-electron chi connectivity index (χ2n) is 7.13. The van der Waals surface area contributed by atoms with Crippen LogP contribution in [0.5, 0.6) is 0 Å². The number of aliphatic imine (C=N–C) groups is 1. The average Bonchev–Trinajstić information content (AvgIpc) is 3.38. The third-order valence-corrected chi connectivity index (χ3v) is 6.31. The van der Waals surface area contributed by atoms with Crippen LogP contribution in [0.15, 0.2) is 27.8 Å². The van der Waals surface area contributed by atoms with Gasteiger partial charge < -0.3 is 19.8 Å². The Morgan fingerprint density at radius 3 is 2.93 bits per heavy atom. The quantitative estimate of drug-likeness (QED) is 0.500. The second kappa shape index (κ2) is 9.57. The number of hydrogen-bond donors (Lipinski definition) is 2. The lowest BCUT2D eigenvalue weighted by molar-refractivity contribution is 0.114. The van der Waals surface area contributed by atoms with Crippen molar-refractivity contribution in [3.8, 4) is 0 Å². The van der Waals surface area contributed by atoms with E-state index >= 15 is 0 Å². The molecule has 0 spiro atoms. The number of nitrogens with one attached hydrogen (secondary N) is 2. The summed E-state index contributed by atoms with van der Waals surface area (Å²) >= 11 is 0. The normalized spacial score (nSPS) is 24.4. The lowest BCUT2D eigenvalue weighted by atomic mass is 10.2. The first-order valence-electron chi connectivity index (χ1n) is 9.65. The van der Waals surface area contributed by atoms with Crippen molar-refractivity contribution in [1.29, 1.82) is 0 Å². The van der Waals surface area contributed by atoms with Gasteiger partial charge in [0, 0.05) is 38.7 Å². The Labute approximate surface area is 161 Å². The number of furan rings is 1. The average molecular weight is 399 g/mol. The van der Waals surface area contributed by atoms with Crippen molar-refractivity contribution in [2.24, 2.45) is 4.99 Å². The van der Waals surface area contributed by atoms with Gasteiger partial charge in [0.2, 0.25) is 10.0 Å². The molecule has 27 heavy (non-hydrogen) atoms. The van der Waals surface area contributed by atoms with E-state index in [0.29, 0.717) is 32.1 Å². The van der Waals surface area contributed by atoms with Crippen LogP contribution in [-0.2, 0) is 21.2 Å². The third kappa shape index (κ3) is 6.22. The van der Waals surface area contributed by atoms with Gasteiger partial charge in [-0.25, -0.2) is 8.42 Å². The molecule has 2 saturated heterocycles. The molecule has 0 aliphatic carbocycles. The summed E-state index contributed by atoms with van der Waals surface area (Å²) in [5.41, 5.74) is 0. The number of rotatable bonds is 8. The summed E-state index contributed by atoms with van der Waals surface area (Å²) in [6, 6.07) is 3.76. The lowest BCUT2D eigenvalue weighted by Crippen LogP contribution is -2.43. The van der Waals surface area contributed by atoms with Crippen molar-refractivity contribution in [1.82, 2.24) is 14.9 Å². The first-order chi connectivity index (χ1) is 13.0. The van der Waals surface area contributed by atoms with Crippen molar-refractivity contribution < 1.29 is 17.6 Å². The Kier molecular flexibility index (Phi) is 7.14. The van der Waals surface area contributed by atoms with Gasteiger partial charge in [-0.1, -0.05) is 0 Å². The second-order valence-corrected chi connectivity index (χ2v) is 9.07. The van der Waals surface area contributed by atoms with E-state index in [0.717, 1.165) is 44.5 Å². The van der Waals surface area contributed by atoms with E-state index in [9.17, 15) is 8.42 Å². The Morgan fingerprint density at radius 1 is 1.33 bits per heavy atom. The van der Waals surface area contributed by atoms with Gasteiger partial charge in [0.05, 0.1) is 25.2 Å². The molecule has 0 saturated carbocycles. The molecule has 1 aromatic heterocycles. The first kappa shape index (κ1) is 20.2. The van der Waals surface area contributed by atoms with Crippen LogP contribution in [0.2, 0.25) is 0 Å². The highest BCUT2D eigenvalue weighted by atomic mass is 32.2. The van der Waals surface area contributed by atoms with Crippen molar-refractivity contribution in [3.63, 3.8) is 0 Å². The van der Waals surface area contributed by atoms with Gasteiger partial charge in [-0.3, -0.25) is 4.99 Å². The van der Waals surface area contributed by atoms with Gasteiger partial charge in [0.1, 0.15) is 5.76 Å².